The van der Waals surface area contributed by atoms with Gasteiger partial charge in [0.05, 0.1) is 17.0 Å². The van der Waals surface area contributed by atoms with Crippen molar-refractivity contribution < 1.29 is 0 Å². The maximum absolute atomic E-state index is 3.53. The summed E-state index contributed by atoms with van der Waals surface area (Å²) in [6.45, 7) is 0. The van der Waals surface area contributed by atoms with Crippen LogP contribution in [0.4, 0.5) is 0 Å². The standard InChI is InChI=1S/C10H4Br2S2/c11-7-3-5-1-2-6-4-8(12)14-10(6)9(5)13-7/h1-4H. The van der Waals surface area contributed by atoms with Gasteiger partial charge >= 0.3 is 0 Å². The van der Waals surface area contributed by atoms with Crippen molar-refractivity contribution in [2.24, 2.45) is 0 Å². The summed E-state index contributed by atoms with van der Waals surface area (Å²) < 4.78 is 5.16. The highest BCUT2D eigenvalue weighted by Crippen LogP contribution is 2.40. The Morgan fingerprint density at radius 2 is 1.21 bits per heavy atom. The molecule has 0 aliphatic heterocycles. The maximum atomic E-state index is 3.53. The Hall–Kier alpha value is 0.1000. The first-order chi connectivity index (χ1) is 6.74. The molecule has 3 rings (SSSR count). The number of rotatable bonds is 0. The monoisotopic (exact) mass is 346 g/mol. The Morgan fingerprint density at radius 3 is 1.64 bits per heavy atom. The van der Waals surface area contributed by atoms with Crippen molar-refractivity contribution in [3.8, 4) is 0 Å². The smallest absolute Gasteiger partial charge is 0.0711 e. The van der Waals surface area contributed by atoms with Crippen molar-refractivity contribution in [1.29, 1.82) is 0 Å². The summed E-state index contributed by atoms with van der Waals surface area (Å²) in [6.07, 6.45) is 0. The molecule has 0 nitrogen and oxygen atoms in total. The highest BCUT2D eigenvalue weighted by molar-refractivity contribution is 9.11. The molecule has 0 radical (unpaired) electrons. The third kappa shape index (κ3) is 1.36. The van der Waals surface area contributed by atoms with E-state index in [2.05, 4.69) is 56.1 Å². The molecule has 0 N–H and O–H groups in total. The highest BCUT2D eigenvalue weighted by Gasteiger charge is 2.07. The van der Waals surface area contributed by atoms with Gasteiger partial charge in [-0.05, 0) is 54.8 Å². The van der Waals surface area contributed by atoms with Gasteiger partial charge in [-0.2, -0.15) is 0 Å². The van der Waals surface area contributed by atoms with Crippen LogP contribution in [0.25, 0.3) is 20.2 Å². The average Bonchev–Trinajstić information content (AvgIpc) is 2.65. The molecule has 0 bridgehead atoms. The van der Waals surface area contributed by atoms with Crippen molar-refractivity contribution in [2.45, 2.75) is 0 Å². The molecule has 0 spiro atoms. The van der Waals surface area contributed by atoms with E-state index in [1.54, 1.807) is 22.7 Å². The van der Waals surface area contributed by atoms with Gasteiger partial charge in [0.25, 0.3) is 0 Å². The van der Waals surface area contributed by atoms with Gasteiger partial charge in [-0.25, -0.2) is 0 Å². The summed E-state index contributed by atoms with van der Waals surface area (Å²) in [4.78, 5) is 0. The summed E-state index contributed by atoms with van der Waals surface area (Å²) >= 11 is 10.7. The summed E-state index contributed by atoms with van der Waals surface area (Å²) in [5.74, 6) is 0. The van der Waals surface area contributed by atoms with Crippen molar-refractivity contribution in [3.63, 3.8) is 0 Å². The first kappa shape index (κ1) is 9.33. The molecule has 0 fully saturated rings. The van der Waals surface area contributed by atoms with Crippen LogP contribution in [0, 0.1) is 0 Å². The lowest BCUT2D eigenvalue weighted by Gasteiger charge is -1.90. The van der Waals surface area contributed by atoms with Crippen LogP contribution in [0.5, 0.6) is 0 Å². The van der Waals surface area contributed by atoms with Gasteiger partial charge in [-0.15, -0.1) is 22.7 Å². The molecule has 0 saturated heterocycles. The minimum Gasteiger partial charge on any atom is -0.127 e. The molecule has 0 aliphatic carbocycles. The largest absolute Gasteiger partial charge is 0.127 e. The van der Waals surface area contributed by atoms with Gasteiger partial charge in [0.2, 0.25) is 0 Å². The van der Waals surface area contributed by atoms with E-state index in [-0.39, 0.29) is 0 Å². The summed E-state index contributed by atoms with van der Waals surface area (Å²) in [5.41, 5.74) is 0. The Bertz CT molecular complexity index is 566. The summed E-state index contributed by atoms with van der Waals surface area (Å²) in [7, 11) is 0. The highest BCUT2D eigenvalue weighted by atomic mass is 79.9. The molecule has 3 aromatic rings. The van der Waals surface area contributed by atoms with Crippen LogP contribution in [-0.2, 0) is 0 Å². The molecule has 0 amide bonds. The van der Waals surface area contributed by atoms with Crippen LogP contribution in [0.3, 0.4) is 0 Å². The Kier molecular flexibility index (Phi) is 2.20. The second-order valence-corrected chi connectivity index (χ2v) is 7.87. The minimum atomic E-state index is 1.20. The van der Waals surface area contributed by atoms with E-state index < -0.39 is 0 Å². The zero-order chi connectivity index (χ0) is 9.71. The SMILES string of the molecule is Brc1cc2ccc3cc(Br)sc3c2s1. The van der Waals surface area contributed by atoms with Crippen molar-refractivity contribution >= 4 is 74.7 Å². The van der Waals surface area contributed by atoms with E-state index >= 15 is 0 Å². The van der Waals surface area contributed by atoms with Gasteiger partial charge in [0.1, 0.15) is 0 Å². The zero-order valence-electron chi connectivity index (χ0n) is 6.88. The van der Waals surface area contributed by atoms with E-state index in [0.29, 0.717) is 0 Å². The first-order valence-electron chi connectivity index (χ1n) is 4.01. The quantitative estimate of drug-likeness (QED) is 0.493. The summed E-state index contributed by atoms with van der Waals surface area (Å²) in [5, 5.41) is 2.65. The third-order valence-corrected chi connectivity index (χ3v) is 5.58. The Morgan fingerprint density at radius 1 is 0.786 bits per heavy atom. The molecule has 0 atom stereocenters. The lowest BCUT2D eigenvalue weighted by molar-refractivity contribution is 1.95. The van der Waals surface area contributed by atoms with Crippen LogP contribution >= 0.6 is 54.5 Å². The van der Waals surface area contributed by atoms with Gasteiger partial charge in [-0.1, -0.05) is 12.1 Å². The second kappa shape index (κ2) is 3.30. The van der Waals surface area contributed by atoms with Crippen molar-refractivity contribution in [3.05, 3.63) is 31.8 Å². The van der Waals surface area contributed by atoms with E-state index in [0.717, 1.165) is 0 Å². The fourth-order valence-corrected chi connectivity index (χ4v) is 4.92. The molecule has 14 heavy (non-hydrogen) atoms. The molecule has 2 aromatic heterocycles. The van der Waals surface area contributed by atoms with E-state index in [1.807, 2.05) is 0 Å². The molecular weight excluding hydrogens is 344 g/mol. The molecule has 0 aliphatic rings. The number of hydrogen-bond donors (Lipinski definition) is 0. The van der Waals surface area contributed by atoms with Gasteiger partial charge < -0.3 is 0 Å². The summed E-state index contributed by atoms with van der Waals surface area (Å²) in [6, 6.07) is 8.70. The van der Waals surface area contributed by atoms with Crippen LogP contribution < -0.4 is 0 Å². The Balaban J connectivity index is 2.58. The number of hydrogen-bond acceptors (Lipinski definition) is 2. The van der Waals surface area contributed by atoms with E-state index in [4.69, 9.17) is 0 Å². The maximum Gasteiger partial charge on any atom is 0.0711 e. The van der Waals surface area contributed by atoms with Crippen LogP contribution in [0.15, 0.2) is 31.8 Å². The van der Waals surface area contributed by atoms with Gasteiger partial charge in [0, 0.05) is 0 Å². The molecule has 4 heteroatoms. The molecule has 1 aromatic carbocycles. The van der Waals surface area contributed by atoms with E-state index in [9.17, 15) is 0 Å². The third-order valence-electron chi connectivity index (χ3n) is 2.11. The van der Waals surface area contributed by atoms with Crippen LogP contribution in [0.1, 0.15) is 0 Å². The van der Waals surface area contributed by atoms with Crippen LogP contribution in [-0.4, -0.2) is 0 Å². The minimum absolute atomic E-state index is 1.20. The zero-order valence-corrected chi connectivity index (χ0v) is 11.7. The normalized spacial score (nSPS) is 11.6. The van der Waals surface area contributed by atoms with Crippen molar-refractivity contribution in [2.75, 3.05) is 0 Å². The number of fused-ring (bicyclic) bond motifs is 3. The van der Waals surface area contributed by atoms with E-state index in [1.165, 1.54) is 27.7 Å². The topological polar surface area (TPSA) is 0 Å². The van der Waals surface area contributed by atoms with Gasteiger partial charge in [0.15, 0.2) is 0 Å². The predicted octanol–water partition coefficient (Wildman–Crippen LogP) is 5.64. The number of thiophene rings is 2. The Labute approximate surface area is 106 Å². The second-order valence-electron chi connectivity index (χ2n) is 3.00. The molecule has 0 saturated carbocycles. The molecule has 2 heterocycles. The molecular formula is C10H4Br2S2. The van der Waals surface area contributed by atoms with Crippen molar-refractivity contribution in [1.82, 2.24) is 0 Å². The fourth-order valence-electron chi connectivity index (χ4n) is 1.53. The van der Waals surface area contributed by atoms with Crippen LogP contribution in [0.2, 0.25) is 0 Å². The molecule has 70 valence electrons. The number of benzene rings is 1. The fraction of sp³-hybridized carbons (Fsp3) is 0. The first-order valence-corrected chi connectivity index (χ1v) is 7.23. The lowest BCUT2D eigenvalue weighted by atomic mass is 10.2. The molecule has 0 unspecified atom stereocenters. The van der Waals surface area contributed by atoms with Gasteiger partial charge in [-0.3, -0.25) is 0 Å². The number of halogens is 2. The predicted molar refractivity (Wildman–Crippen MR) is 72.6 cm³/mol. The average molecular weight is 348 g/mol. The lowest BCUT2D eigenvalue weighted by Crippen LogP contribution is -1.62.